The smallest absolute Gasteiger partial charge is 0.325 e. The van der Waals surface area contributed by atoms with Gasteiger partial charge in [-0.1, -0.05) is 28.1 Å². The lowest BCUT2D eigenvalue weighted by atomic mass is 10.2. The van der Waals surface area contributed by atoms with Crippen LogP contribution in [0.5, 0.6) is 0 Å². The largest absolute Gasteiger partial charge is 0.468 e. The number of hydrogen-bond donors (Lipinski definition) is 1. The Morgan fingerprint density at radius 2 is 2.17 bits per heavy atom. The molecule has 0 fully saturated rings. The van der Waals surface area contributed by atoms with Gasteiger partial charge in [-0.15, -0.1) is 0 Å². The van der Waals surface area contributed by atoms with Crippen LogP contribution in [0.4, 0.5) is 0 Å². The van der Waals surface area contributed by atoms with Crippen LogP contribution in [0.15, 0.2) is 28.7 Å². The van der Waals surface area contributed by atoms with Gasteiger partial charge >= 0.3 is 5.97 Å². The Bertz CT molecular complexity index is 530. The summed E-state index contributed by atoms with van der Waals surface area (Å²) in [6.45, 7) is 1.41. The van der Waals surface area contributed by atoms with Crippen molar-refractivity contribution in [1.29, 1.82) is 0 Å². The van der Waals surface area contributed by atoms with Crippen LogP contribution in [0.3, 0.4) is 0 Å². The molecule has 0 saturated carbocycles. The van der Waals surface area contributed by atoms with Gasteiger partial charge < -0.3 is 4.74 Å². The van der Waals surface area contributed by atoms with Crippen molar-refractivity contribution in [3.8, 4) is 0 Å². The van der Waals surface area contributed by atoms with Gasteiger partial charge in [-0.05, 0) is 24.6 Å². The number of hydrogen-bond acceptors (Lipinski definition) is 4. The van der Waals surface area contributed by atoms with Gasteiger partial charge in [0, 0.05) is 11.0 Å². The molecule has 100 valence electrons. The van der Waals surface area contributed by atoms with Crippen LogP contribution >= 0.6 is 15.9 Å². The number of rotatable bonds is 5. The highest BCUT2D eigenvalue weighted by Crippen LogP contribution is 2.12. The van der Waals surface area contributed by atoms with Crippen LogP contribution in [-0.2, 0) is 26.1 Å². The van der Waals surface area contributed by atoms with E-state index in [0.29, 0.717) is 0 Å². The molecular formula is C11H14BrNO4S. The monoisotopic (exact) mass is 335 g/mol. The second-order valence-electron chi connectivity index (χ2n) is 3.66. The average Bonchev–Trinajstić information content (AvgIpc) is 2.34. The zero-order valence-electron chi connectivity index (χ0n) is 10.0. The zero-order valence-corrected chi connectivity index (χ0v) is 12.4. The summed E-state index contributed by atoms with van der Waals surface area (Å²) in [6, 6.07) is 7.23. The minimum atomic E-state index is -3.72. The van der Waals surface area contributed by atoms with E-state index in [4.69, 9.17) is 0 Å². The SMILES string of the molecule is COC(=O)C(C)S(=O)(=O)NCc1cccc(Br)c1. The van der Waals surface area contributed by atoms with Crippen LogP contribution in [0.1, 0.15) is 12.5 Å². The Balaban J connectivity index is 2.70. The first-order valence-electron chi connectivity index (χ1n) is 5.17. The molecule has 1 aromatic carbocycles. The van der Waals surface area contributed by atoms with E-state index in [1.54, 1.807) is 18.2 Å². The van der Waals surface area contributed by atoms with Crippen LogP contribution in [0.2, 0.25) is 0 Å². The molecule has 5 nitrogen and oxygen atoms in total. The molecule has 1 rings (SSSR count). The van der Waals surface area contributed by atoms with Crippen LogP contribution in [0.25, 0.3) is 0 Å². The molecule has 1 atom stereocenters. The molecule has 0 amide bonds. The van der Waals surface area contributed by atoms with Gasteiger partial charge in [-0.3, -0.25) is 4.79 Å². The predicted octanol–water partition coefficient (Wildman–Crippen LogP) is 1.43. The van der Waals surface area contributed by atoms with E-state index in [0.717, 1.165) is 17.1 Å². The molecule has 0 aliphatic heterocycles. The number of ether oxygens (including phenoxy) is 1. The normalized spacial score (nSPS) is 13.1. The Morgan fingerprint density at radius 1 is 1.50 bits per heavy atom. The topological polar surface area (TPSA) is 72.5 Å². The van der Waals surface area contributed by atoms with E-state index >= 15 is 0 Å². The molecule has 7 heteroatoms. The third kappa shape index (κ3) is 4.08. The van der Waals surface area contributed by atoms with Crippen LogP contribution in [-0.4, -0.2) is 26.7 Å². The van der Waals surface area contributed by atoms with E-state index in [2.05, 4.69) is 25.4 Å². The second kappa shape index (κ2) is 6.31. The standard InChI is InChI=1S/C11H14BrNO4S/c1-8(11(14)17-2)18(15,16)13-7-9-4-3-5-10(12)6-9/h3-6,8,13H,7H2,1-2H3. The summed E-state index contributed by atoms with van der Waals surface area (Å²) in [4.78, 5) is 11.2. The Morgan fingerprint density at radius 3 is 2.72 bits per heavy atom. The quantitative estimate of drug-likeness (QED) is 0.826. The number of benzene rings is 1. The van der Waals surface area contributed by atoms with E-state index in [-0.39, 0.29) is 6.54 Å². The van der Waals surface area contributed by atoms with Crippen molar-refractivity contribution in [2.24, 2.45) is 0 Å². The van der Waals surface area contributed by atoms with Gasteiger partial charge in [-0.2, -0.15) is 0 Å². The predicted molar refractivity (Wildman–Crippen MR) is 71.4 cm³/mol. The van der Waals surface area contributed by atoms with Crippen LogP contribution in [0, 0.1) is 0 Å². The Kier molecular flexibility index (Phi) is 5.30. The fourth-order valence-electron chi connectivity index (χ4n) is 1.25. The van der Waals surface area contributed by atoms with Gasteiger partial charge in [0.25, 0.3) is 0 Å². The number of sulfonamides is 1. The number of carbonyl (C=O) groups excluding carboxylic acids is 1. The summed E-state index contributed by atoms with van der Waals surface area (Å²) in [5, 5.41) is -1.23. The highest BCUT2D eigenvalue weighted by molar-refractivity contribution is 9.10. The molecular weight excluding hydrogens is 322 g/mol. The Hall–Kier alpha value is -0.920. The first kappa shape index (κ1) is 15.1. The lowest BCUT2D eigenvalue weighted by molar-refractivity contribution is -0.139. The second-order valence-corrected chi connectivity index (χ2v) is 6.66. The minimum absolute atomic E-state index is 0.128. The van der Waals surface area contributed by atoms with Gasteiger partial charge in [0.1, 0.15) is 0 Å². The van der Waals surface area contributed by atoms with Crippen LogP contribution < -0.4 is 4.72 Å². The van der Waals surface area contributed by atoms with E-state index in [9.17, 15) is 13.2 Å². The van der Waals surface area contributed by atoms with Crippen molar-refractivity contribution in [3.63, 3.8) is 0 Å². The molecule has 1 aromatic rings. The maximum absolute atomic E-state index is 11.8. The summed E-state index contributed by atoms with van der Waals surface area (Å²) in [7, 11) is -2.57. The molecule has 18 heavy (non-hydrogen) atoms. The van der Waals surface area contributed by atoms with Crippen molar-refractivity contribution >= 4 is 31.9 Å². The number of carbonyl (C=O) groups is 1. The zero-order chi connectivity index (χ0) is 13.8. The number of halogens is 1. The first-order valence-corrected chi connectivity index (χ1v) is 7.51. The summed E-state index contributed by atoms with van der Waals surface area (Å²) in [6.07, 6.45) is 0. The average molecular weight is 336 g/mol. The maximum atomic E-state index is 11.8. The molecule has 0 bridgehead atoms. The van der Waals surface area contributed by atoms with Gasteiger partial charge in [0.15, 0.2) is 5.25 Å². The molecule has 1 unspecified atom stereocenters. The number of nitrogens with one attached hydrogen (secondary N) is 1. The minimum Gasteiger partial charge on any atom is -0.468 e. The van der Waals surface area contributed by atoms with Gasteiger partial charge in [0.2, 0.25) is 10.0 Å². The molecule has 0 aliphatic carbocycles. The van der Waals surface area contributed by atoms with E-state index < -0.39 is 21.2 Å². The van der Waals surface area contributed by atoms with Crippen molar-refractivity contribution in [1.82, 2.24) is 4.72 Å². The first-order chi connectivity index (χ1) is 8.36. The molecule has 0 spiro atoms. The molecule has 0 radical (unpaired) electrons. The van der Waals surface area contributed by atoms with E-state index in [1.165, 1.54) is 6.92 Å². The summed E-state index contributed by atoms with van der Waals surface area (Å²) >= 11 is 3.29. The Labute approximate surface area is 115 Å². The van der Waals surface area contributed by atoms with Crippen molar-refractivity contribution in [2.45, 2.75) is 18.7 Å². The third-order valence-electron chi connectivity index (χ3n) is 2.37. The highest BCUT2D eigenvalue weighted by atomic mass is 79.9. The van der Waals surface area contributed by atoms with Gasteiger partial charge in [-0.25, -0.2) is 13.1 Å². The van der Waals surface area contributed by atoms with Crippen molar-refractivity contribution in [2.75, 3.05) is 7.11 Å². The fourth-order valence-corrected chi connectivity index (χ4v) is 2.66. The summed E-state index contributed by atoms with van der Waals surface area (Å²) in [5.74, 6) is -0.781. The third-order valence-corrected chi connectivity index (χ3v) is 4.53. The summed E-state index contributed by atoms with van der Waals surface area (Å²) in [5.41, 5.74) is 0.796. The fraction of sp³-hybridized carbons (Fsp3) is 0.364. The van der Waals surface area contributed by atoms with Crippen molar-refractivity contribution < 1.29 is 17.9 Å². The molecule has 0 aromatic heterocycles. The molecule has 0 aliphatic rings. The molecule has 0 heterocycles. The number of esters is 1. The molecule has 0 saturated heterocycles. The number of methoxy groups -OCH3 is 1. The molecule has 1 N–H and O–H groups in total. The lowest BCUT2D eigenvalue weighted by Crippen LogP contribution is -2.37. The van der Waals surface area contributed by atoms with Crippen molar-refractivity contribution in [3.05, 3.63) is 34.3 Å². The summed E-state index contributed by atoms with van der Waals surface area (Å²) < 4.78 is 31.2. The maximum Gasteiger partial charge on any atom is 0.325 e. The highest BCUT2D eigenvalue weighted by Gasteiger charge is 2.28. The van der Waals surface area contributed by atoms with Gasteiger partial charge in [0.05, 0.1) is 7.11 Å². The van der Waals surface area contributed by atoms with E-state index in [1.807, 2.05) is 6.07 Å². The lowest BCUT2D eigenvalue weighted by Gasteiger charge is -2.12.